The Balaban J connectivity index is 2.12. The summed E-state index contributed by atoms with van der Waals surface area (Å²) in [7, 11) is 3.28. The number of methoxy groups -OCH3 is 2. The lowest BCUT2D eigenvalue weighted by Gasteiger charge is -2.27. The minimum atomic E-state index is -0.526. The Labute approximate surface area is 129 Å². The first-order chi connectivity index (χ1) is 10.1. The van der Waals surface area contributed by atoms with Crippen molar-refractivity contribution in [1.29, 1.82) is 0 Å². The third-order valence-corrected chi connectivity index (χ3v) is 4.56. The summed E-state index contributed by atoms with van der Waals surface area (Å²) in [6.45, 7) is 0. The number of ether oxygens (including phenoxy) is 2. The van der Waals surface area contributed by atoms with Crippen LogP contribution in [0.4, 0.5) is 0 Å². The van der Waals surface area contributed by atoms with Gasteiger partial charge in [-0.25, -0.2) is 0 Å². The Bertz CT molecular complexity index is 686. The van der Waals surface area contributed by atoms with Gasteiger partial charge in [0, 0.05) is 0 Å². The minimum Gasteiger partial charge on any atom is -0.497 e. The molecule has 110 valence electrons. The maximum absolute atomic E-state index is 6.74. The molecular weight excluding hydrogens is 286 g/mol. The third kappa shape index (κ3) is 2.27. The molecule has 0 saturated heterocycles. The van der Waals surface area contributed by atoms with Gasteiger partial charge in [-0.05, 0) is 53.8 Å². The van der Waals surface area contributed by atoms with Crippen molar-refractivity contribution in [1.82, 2.24) is 0 Å². The molecule has 1 atom stereocenters. The first kappa shape index (κ1) is 14.2. The molecular formula is C17H18ClNO2. The highest BCUT2D eigenvalue weighted by molar-refractivity contribution is 6.32. The van der Waals surface area contributed by atoms with Crippen LogP contribution in [0.25, 0.3) is 0 Å². The van der Waals surface area contributed by atoms with Gasteiger partial charge in [0.25, 0.3) is 0 Å². The predicted molar refractivity (Wildman–Crippen MR) is 84.3 cm³/mol. The largest absolute Gasteiger partial charge is 0.497 e. The summed E-state index contributed by atoms with van der Waals surface area (Å²) in [5.41, 5.74) is 9.61. The summed E-state index contributed by atoms with van der Waals surface area (Å²) in [4.78, 5) is 0. The van der Waals surface area contributed by atoms with E-state index in [9.17, 15) is 0 Å². The molecule has 1 aliphatic rings. The second-order valence-electron chi connectivity index (χ2n) is 5.34. The first-order valence-corrected chi connectivity index (χ1v) is 7.26. The van der Waals surface area contributed by atoms with E-state index in [1.165, 1.54) is 5.56 Å². The van der Waals surface area contributed by atoms with Crippen molar-refractivity contribution in [2.45, 2.75) is 18.4 Å². The second-order valence-corrected chi connectivity index (χ2v) is 5.75. The smallest absolute Gasteiger partial charge is 0.137 e. The van der Waals surface area contributed by atoms with Crippen LogP contribution in [-0.4, -0.2) is 14.2 Å². The third-order valence-electron chi connectivity index (χ3n) is 4.25. The Morgan fingerprint density at radius 1 is 1.10 bits per heavy atom. The topological polar surface area (TPSA) is 44.5 Å². The van der Waals surface area contributed by atoms with Crippen LogP contribution in [-0.2, 0) is 12.0 Å². The lowest BCUT2D eigenvalue weighted by atomic mass is 9.85. The average Bonchev–Trinajstić information content (AvgIpc) is 2.85. The van der Waals surface area contributed by atoms with E-state index in [4.69, 9.17) is 26.8 Å². The number of nitrogens with two attached hydrogens (primary N) is 1. The molecule has 0 saturated carbocycles. The summed E-state index contributed by atoms with van der Waals surface area (Å²) in [6.07, 6.45) is 1.82. The summed E-state index contributed by atoms with van der Waals surface area (Å²) in [5.74, 6) is 1.47. The lowest BCUT2D eigenvalue weighted by molar-refractivity contribution is 0.410. The highest BCUT2D eigenvalue weighted by atomic mass is 35.5. The zero-order chi connectivity index (χ0) is 15.0. The predicted octanol–water partition coefficient (Wildman–Crippen LogP) is 3.51. The van der Waals surface area contributed by atoms with Crippen LogP contribution in [0.2, 0.25) is 5.02 Å². The van der Waals surface area contributed by atoms with Gasteiger partial charge in [-0.1, -0.05) is 23.7 Å². The van der Waals surface area contributed by atoms with Crippen LogP contribution in [0, 0.1) is 0 Å². The van der Waals surface area contributed by atoms with Crippen molar-refractivity contribution in [3.05, 3.63) is 58.1 Å². The zero-order valence-electron chi connectivity index (χ0n) is 12.2. The zero-order valence-corrected chi connectivity index (χ0v) is 12.9. The maximum Gasteiger partial charge on any atom is 0.137 e. The average molecular weight is 304 g/mol. The molecule has 0 spiro atoms. The van der Waals surface area contributed by atoms with Crippen LogP contribution >= 0.6 is 11.6 Å². The molecule has 0 amide bonds. The SMILES string of the molecule is COc1ccc2c(c1)C(N)(c1ccc(Cl)c(OC)c1)CC2. The molecule has 2 N–H and O–H groups in total. The Morgan fingerprint density at radius 3 is 2.62 bits per heavy atom. The van der Waals surface area contributed by atoms with Crippen molar-refractivity contribution < 1.29 is 9.47 Å². The van der Waals surface area contributed by atoms with Crippen LogP contribution in [0.1, 0.15) is 23.1 Å². The van der Waals surface area contributed by atoms with Gasteiger partial charge in [-0.2, -0.15) is 0 Å². The Morgan fingerprint density at radius 2 is 1.90 bits per heavy atom. The van der Waals surface area contributed by atoms with Crippen LogP contribution < -0.4 is 15.2 Å². The molecule has 0 bridgehead atoms. The van der Waals surface area contributed by atoms with Gasteiger partial charge in [-0.3, -0.25) is 0 Å². The van der Waals surface area contributed by atoms with Crippen molar-refractivity contribution in [3.63, 3.8) is 0 Å². The van der Waals surface area contributed by atoms with E-state index in [1.807, 2.05) is 30.3 Å². The number of hydrogen-bond acceptors (Lipinski definition) is 3. The Hall–Kier alpha value is -1.71. The molecule has 21 heavy (non-hydrogen) atoms. The fourth-order valence-electron chi connectivity index (χ4n) is 3.02. The Kier molecular flexibility index (Phi) is 3.56. The fourth-order valence-corrected chi connectivity index (χ4v) is 3.21. The van der Waals surface area contributed by atoms with Crippen LogP contribution in [0.15, 0.2) is 36.4 Å². The molecule has 2 aromatic rings. The molecule has 1 unspecified atom stereocenters. The van der Waals surface area contributed by atoms with Gasteiger partial charge in [0.15, 0.2) is 0 Å². The van der Waals surface area contributed by atoms with Crippen LogP contribution in [0.5, 0.6) is 11.5 Å². The first-order valence-electron chi connectivity index (χ1n) is 6.89. The molecule has 1 aliphatic carbocycles. The number of rotatable bonds is 3. The summed E-state index contributed by atoms with van der Waals surface area (Å²) < 4.78 is 10.6. The quantitative estimate of drug-likeness (QED) is 0.944. The molecule has 0 aromatic heterocycles. The van der Waals surface area contributed by atoms with Gasteiger partial charge in [0.05, 0.1) is 24.8 Å². The van der Waals surface area contributed by atoms with Gasteiger partial charge < -0.3 is 15.2 Å². The molecule has 4 heteroatoms. The highest BCUT2D eigenvalue weighted by Gasteiger charge is 2.37. The number of benzene rings is 2. The molecule has 2 aromatic carbocycles. The molecule has 0 aliphatic heterocycles. The lowest BCUT2D eigenvalue weighted by Crippen LogP contribution is -2.35. The molecule has 0 radical (unpaired) electrons. The maximum atomic E-state index is 6.74. The second kappa shape index (κ2) is 5.24. The van der Waals surface area contributed by atoms with Crippen molar-refractivity contribution in [3.8, 4) is 11.5 Å². The van der Waals surface area contributed by atoms with E-state index < -0.39 is 5.54 Å². The monoisotopic (exact) mass is 303 g/mol. The van der Waals surface area contributed by atoms with Crippen molar-refractivity contribution >= 4 is 11.6 Å². The van der Waals surface area contributed by atoms with E-state index >= 15 is 0 Å². The highest BCUT2D eigenvalue weighted by Crippen LogP contribution is 2.43. The van der Waals surface area contributed by atoms with E-state index in [0.29, 0.717) is 10.8 Å². The summed E-state index contributed by atoms with van der Waals surface area (Å²) >= 11 is 6.11. The van der Waals surface area contributed by atoms with E-state index in [2.05, 4.69) is 6.07 Å². The number of aryl methyl sites for hydroxylation is 1. The standard InChI is InChI=1S/C17H18ClNO2/c1-20-13-5-3-11-7-8-17(19,14(11)10-13)12-4-6-15(18)16(9-12)21-2/h3-6,9-10H,7-8,19H2,1-2H3. The van der Waals surface area contributed by atoms with Gasteiger partial charge in [0.1, 0.15) is 11.5 Å². The van der Waals surface area contributed by atoms with E-state index in [-0.39, 0.29) is 0 Å². The summed E-state index contributed by atoms with van der Waals surface area (Å²) in [6, 6.07) is 11.8. The molecule has 3 rings (SSSR count). The fraction of sp³-hybridized carbons (Fsp3) is 0.294. The van der Waals surface area contributed by atoms with Gasteiger partial charge in [0.2, 0.25) is 0 Å². The van der Waals surface area contributed by atoms with Crippen LogP contribution in [0.3, 0.4) is 0 Å². The van der Waals surface area contributed by atoms with Gasteiger partial charge >= 0.3 is 0 Å². The molecule has 3 nitrogen and oxygen atoms in total. The number of fused-ring (bicyclic) bond motifs is 1. The van der Waals surface area contributed by atoms with Crippen molar-refractivity contribution in [2.75, 3.05) is 14.2 Å². The minimum absolute atomic E-state index is 0.526. The van der Waals surface area contributed by atoms with E-state index in [0.717, 1.165) is 29.7 Å². The van der Waals surface area contributed by atoms with Gasteiger partial charge in [-0.15, -0.1) is 0 Å². The van der Waals surface area contributed by atoms with E-state index in [1.54, 1.807) is 14.2 Å². The molecule has 0 heterocycles. The number of hydrogen-bond donors (Lipinski definition) is 1. The summed E-state index contributed by atoms with van der Waals surface area (Å²) in [5, 5.41) is 0.591. The normalized spacial score (nSPS) is 20.2. The molecule has 0 fully saturated rings. The number of halogens is 1. The van der Waals surface area contributed by atoms with Crippen molar-refractivity contribution in [2.24, 2.45) is 5.73 Å².